The Morgan fingerprint density at radius 2 is 1.76 bits per heavy atom. The zero-order valence-electron chi connectivity index (χ0n) is 13.4. The molecule has 0 saturated heterocycles. The van der Waals surface area contributed by atoms with Crippen LogP contribution in [0.2, 0.25) is 0 Å². The molecule has 1 saturated carbocycles. The van der Waals surface area contributed by atoms with E-state index in [4.69, 9.17) is 4.98 Å². The van der Waals surface area contributed by atoms with Gasteiger partial charge in [-0.25, -0.2) is 9.97 Å². The van der Waals surface area contributed by atoms with E-state index in [1.54, 1.807) is 0 Å². The Morgan fingerprint density at radius 3 is 2.38 bits per heavy atom. The van der Waals surface area contributed by atoms with E-state index in [-0.39, 0.29) is 6.10 Å². The SMILES string of the molecule is CCCc1nc(NCC)c(C)c(NC2CCC(O)CC2)n1. The second-order valence-corrected chi connectivity index (χ2v) is 5.89. The first-order chi connectivity index (χ1) is 10.1. The maximum atomic E-state index is 9.61. The molecule has 0 aromatic carbocycles. The summed E-state index contributed by atoms with van der Waals surface area (Å²) in [6.45, 7) is 7.15. The number of hydrogen-bond acceptors (Lipinski definition) is 5. The molecule has 1 aromatic heterocycles. The Labute approximate surface area is 127 Å². The number of aryl methyl sites for hydroxylation is 1. The lowest BCUT2D eigenvalue weighted by Crippen LogP contribution is -2.29. The van der Waals surface area contributed by atoms with E-state index in [9.17, 15) is 5.11 Å². The van der Waals surface area contributed by atoms with Crippen LogP contribution in [-0.4, -0.2) is 33.8 Å². The monoisotopic (exact) mass is 292 g/mol. The second kappa shape index (κ2) is 7.59. The van der Waals surface area contributed by atoms with Gasteiger partial charge in [-0.3, -0.25) is 0 Å². The molecule has 0 bridgehead atoms. The van der Waals surface area contributed by atoms with Gasteiger partial charge in [0.25, 0.3) is 0 Å². The van der Waals surface area contributed by atoms with E-state index < -0.39 is 0 Å². The van der Waals surface area contributed by atoms with Crippen LogP contribution >= 0.6 is 0 Å². The summed E-state index contributed by atoms with van der Waals surface area (Å²) >= 11 is 0. The fourth-order valence-corrected chi connectivity index (χ4v) is 2.79. The number of rotatable bonds is 6. The van der Waals surface area contributed by atoms with Gasteiger partial charge in [0.2, 0.25) is 0 Å². The molecule has 5 nitrogen and oxygen atoms in total. The van der Waals surface area contributed by atoms with Crippen molar-refractivity contribution in [1.29, 1.82) is 0 Å². The number of aliphatic hydroxyl groups excluding tert-OH is 1. The normalized spacial score (nSPS) is 22.1. The van der Waals surface area contributed by atoms with E-state index in [1.807, 2.05) is 0 Å². The van der Waals surface area contributed by atoms with Crippen LogP contribution in [0.5, 0.6) is 0 Å². The fraction of sp³-hybridized carbons (Fsp3) is 0.750. The third-order valence-corrected chi connectivity index (χ3v) is 4.05. The molecule has 5 heteroatoms. The molecule has 3 N–H and O–H groups in total. The maximum Gasteiger partial charge on any atom is 0.134 e. The molecule has 0 radical (unpaired) electrons. The van der Waals surface area contributed by atoms with Crippen molar-refractivity contribution in [2.45, 2.75) is 71.4 Å². The van der Waals surface area contributed by atoms with Gasteiger partial charge in [-0.2, -0.15) is 0 Å². The first-order valence-electron chi connectivity index (χ1n) is 8.20. The average molecular weight is 292 g/mol. The van der Waals surface area contributed by atoms with Gasteiger partial charge >= 0.3 is 0 Å². The summed E-state index contributed by atoms with van der Waals surface area (Å²) < 4.78 is 0. The lowest BCUT2D eigenvalue weighted by Gasteiger charge is -2.27. The highest BCUT2D eigenvalue weighted by Crippen LogP contribution is 2.25. The third-order valence-electron chi connectivity index (χ3n) is 4.05. The average Bonchev–Trinajstić information content (AvgIpc) is 2.47. The molecule has 0 aliphatic heterocycles. The van der Waals surface area contributed by atoms with Crippen molar-refractivity contribution in [3.05, 3.63) is 11.4 Å². The van der Waals surface area contributed by atoms with Crippen LogP contribution in [-0.2, 0) is 6.42 Å². The predicted molar refractivity (Wildman–Crippen MR) is 86.8 cm³/mol. The van der Waals surface area contributed by atoms with Crippen molar-refractivity contribution in [2.24, 2.45) is 0 Å². The van der Waals surface area contributed by atoms with E-state index >= 15 is 0 Å². The van der Waals surface area contributed by atoms with Crippen molar-refractivity contribution in [1.82, 2.24) is 9.97 Å². The first kappa shape index (κ1) is 16.0. The highest BCUT2D eigenvalue weighted by Gasteiger charge is 2.21. The number of anilines is 2. The Kier molecular flexibility index (Phi) is 5.79. The maximum absolute atomic E-state index is 9.61. The molecule has 1 aromatic rings. The van der Waals surface area contributed by atoms with Crippen molar-refractivity contribution in [2.75, 3.05) is 17.2 Å². The van der Waals surface area contributed by atoms with Gasteiger partial charge in [0.05, 0.1) is 6.10 Å². The van der Waals surface area contributed by atoms with Crippen LogP contribution in [0.3, 0.4) is 0 Å². The molecule has 1 fully saturated rings. The van der Waals surface area contributed by atoms with Crippen molar-refractivity contribution in [3.63, 3.8) is 0 Å². The lowest BCUT2D eigenvalue weighted by atomic mass is 9.93. The molecule has 0 spiro atoms. The van der Waals surface area contributed by atoms with E-state index in [0.717, 1.165) is 68.1 Å². The van der Waals surface area contributed by atoms with Gasteiger partial charge in [0.1, 0.15) is 17.5 Å². The second-order valence-electron chi connectivity index (χ2n) is 5.89. The number of nitrogens with zero attached hydrogens (tertiary/aromatic N) is 2. The fourth-order valence-electron chi connectivity index (χ4n) is 2.79. The van der Waals surface area contributed by atoms with E-state index in [2.05, 4.69) is 36.4 Å². The molecular weight excluding hydrogens is 264 g/mol. The highest BCUT2D eigenvalue weighted by molar-refractivity contribution is 5.57. The molecule has 1 aliphatic rings. The number of hydrogen-bond donors (Lipinski definition) is 3. The molecular formula is C16H28N4O. The Hall–Kier alpha value is -1.36. The van der Waals surface area contributed by atoms with Crippen molar-refractivity contribution >= 4 is 11.6 Å². The van der Waals surface area contributed by atoms with Crippen molar-refractivity contribution in [3.8, 4) is 0 Å². The first-order valence-corrected chi connectivity index (χ1v) is 8.20. The molecule has 0 atom stereocenters. The zero-order valence-corrected chi connectivity index (χ0v) is 13.4. The topological polar surface area (TPSA) is 70.1 Å². The molecule has 1 aliphatic carbocycles. The lowest BCUT2D eigenvalue weighted by molar-refractivity contribution is 0.126. The van der Waals surface area contributed by atoms with E-state index in [0.29, 0.717) is 6.04 Å². The standard InChI is InChI=1S/C16H28N4O/c1-4-6-14-19-15(17-5-2)11(3)16(20-14)18-12-7-9-13(21)10-8-12/h12-13,21H,4-10H2,1-3H3,(H2,17,18,19,20). The highest BCUT2D eigenvalue weighted by atomic mass is 16.3. The summed E-state index contributed by atoms with van der Waals surface area (Å²) in [4.78, 5) is 9.31. The number of aromatic nitrogens is 2. The third kappa shape index (κ3) is 4.30. The van der Waals surface area contributed by atoms with Crippen LogP contribution in [0.4, 0.5) is 11.6 Å². The molecule has 0 amide bonds. The van der Waals surface area contributed by atoms with Crippen LogP contribution in [0, 0.1) is 6.92 Å². The molecule has 118 valence electrons. The molecule has 2 rings (SSSR count). The summed E-state index contributed by atoms with van der Waals surface area (Å²) in [6.07, 6.45) is 5.59. The van der Waals surface area contributed by atoms with Crippen LogP contribution in [0.15, 0.2) is 0 Å². The summed E-state index contributed by atoms with van der Waals surface area (Å²) in [5, 5.41) is 16.5. The van der Waals surface area contributed by atoms with E-state index in [1.165, 1.54) is 0 Å². The largest absolute Gasteiger partial charge is 0.393 e. The minimum absolute atomic E-state index is 0.123. The number of nitrogens with one attached hydrogen (secondary N) is 2. The Morgan fingerprint density at radius 1 is 1.10 bits per heavy atom. The van der Waals surface area contributed by atoms with Gasteiger partial charge in [-0.15, -0.1) is 0 Å². The smallest absolute Gasteiger partial charge is 0.134 e. The quantitative estimate of drug-likeness (QED) is 0.752. The molecule has 1 heterocycles. The molecule has 0 unspecified atom stereocenters. The van der Waals surface area contributed by atoms with Crippen LogP contribution in [0.1, 0.15) is 57.3 Å². The minimum Gasteiger partial charge on any atom is -0.393 e. The van der Waals surface area contributed by atoms with Gasteiger partial charge in [0.15, 0.2) is 0 Å². The summed E-state index contributed by atoms with van der Waals surface area (Å²) in [6, 6.07) is 0.408. The zero-order chi connectivity index (χ0) is 15.2. The van der Waals surface area contributed by atoms with Crippen molar-refractivity contribution < 1.29 is 5.11 Å². The van der Waals surface area contributed by atoms with Gasteiger partial charge in [0, 0.05) is 24.6 Å². The Balaban J connectivity index is 2.16. The summed E-state index contributed by atoms with van der Waals surface area (Å²) in [7, 11) is 0. The molecule has 21 heavy (non-hydrogen) atoms. The predicted octanol–water partition coefficient (Wildman–Crippen LogP) is 2.88. The number of aliphatic hydroxyl groups is 1. The van der Waals surface area contributed by atoms with Gasteiger partial charge in [-0.05, 0) is 46.0 Å². The van der Waals surface area contributed by atoms with Gasteiger partial charge in [-0.1, -0.05) is 6.92 Å². The summed E-state index contributed by atoms with van der Waals surface area (Å²) in [5.41, 5.74) is 1.09. The Bertz CT molecular complexity index is 456. The minimum atomic E-state index is -0.123. The van der Waals surface area contributed by atoms with Crippen LogP contribution < -0.4 is 10.6 Å². The summed E-state index contributed by atoms with van der Waals surface area (Å²) in [5.74, 6) is 2.79. The van der Waals surface area contributed by atoms with Gasteiger partial charge < -0.3 is 15.7 Å². The van der Waals surface area contributed by atoms with Crippen LogP contribution in [0.25, 0.3) is 0 Å².